The third-order valence-corrected chi connectivity index (χ3v) is 4.78. The molecule has 1 aromatic heterocycles. The summed E-state index contributed by atoms with van der Waals surface area (Å²) in [7, 11) is 0. The van der Waals surface area contributed by atoms with E-state index >= 15 is 0 Å². The van der Waals surface area contributed by atoms with E-state index in [4.69, 9.17) is 20.8 Å². The molecule has 1 heterocycles. The molecule has 1 N–H and O–H groups in total. The second-order valence-electron chi connectivity index (χ2n) is 5.68. The van der Waals surface area contributed by atoms with E-state index in [1.54, 1.807) is 24.3 Å². The predicted molar refractivity (Wildman–Crippen MR) is 107 cm³/mol. The fourth-order valence-corrected chi connectivity index (χ4v) is 3.07. The average Bonchev–Trinajstić information content (AvgIpc) is 3.15. The highest BCUT2D eigenvalue weighted by molar-refractivity contribution is 8.03. The molecule has 0 unspecified atom stereocenters. The molecule has 6 nitrogen and oxygen atoms in total. The van der Waals surface area contributed by atoms with E-state index in [-0.39, 0.29) is 10.1 Å². The summed E-state index contributed by atoms with van der Waals surface area (Å²) >= 11 is 6.80. The van der Waals surface area contributed by atoms with Gasteiger partial charge in [-0.25, -0.2) is 4.79 Å². The minimum absolute atomic E-state index is 0.0499. The summed E-state index contributed by atoms with van der Waals surface area (Å²) < 4.78 is 11.3. The van der Waals surface area contributed by atoms with Gasteiger partial charge < -0.3 is 14.3 Å². The van der Waals surface area contributed by atoms with Gasteiger partial charge in [-0.2, -0.15) is 0 Å². The van der Waals surface area contributed by atoms with Crippen molar-refractivity contribution in [2.24, 2.45) is 0 Å². The van der Waals surface area contributed by atoms with Gasteiger partial charge in [-0.1, -0.05) is 48.9 Å². The molecule has 3 rings (SSSR count). The van der Waals surface area contributed by atoms with Gasteiger partial charge in [0.1, 0.15) is 17.3 Å². The Bertz CT molecular complexity index is 986. The summed E-state index contributed by atoms with van der Waals surface area (Å²) in [5.41, 5.74) is 1.59. The van der Waals surface area contributed by atoms with Gasteiger partial charge in [0.25, 0.3) is 5.22 Å². The van der Waals surface area contributed by atoms with Gasteiger partial charge in [0.15, 0.2) is 0 Å². The quantitative estimate of drug-likeness (QED) is 0.404. The molecule has 0 fully saturated rings. The summed E-state index contributed by atoms with van der Waals surface area (Å²) in [6.45, 7) is 2.21. The molecule has 0 atom stereocenters. The number of para-hydroxylation sites is 1. The lowest BCUT2D eigenvalue weighted by atomic mass is 10.2. The molecular formula is C20H17ClN2O4S. The minimum atomic E-state index is -1.09. The number of ether oxygens (including phenoxy) is 1. The first kappa shape index (κ1) is 20.0. The number of halogens is 1. The minimum Gasteiger partial charge on any atom is -0.488 e. The van der Waals surface area contributed by atoms with Crippen molar-refractivity contribution in [3.05, 3.63) is 75.5 Å². The first-order chi connectivity index (χ1) is 13.5. The Kier molecular flexibility index (Phi) is 6.73. The van der Waals surface area contributed by atoms with E-state index in [0.717, 1.165) is 17.3 Å². The number of aromatic nitrogens is 2. The first-order valence-electron chi connectivity index (χ1n) is 8.46. The van der Waals surface area contributed by atoms with Gasteiger partial charge >= 0.3 is 5.97 Å². The maximum Gasteiger partial charge on any atom is 0.342 e. The van der Waals surface area contributed by atoms with Gasteiger partial charge in [-0.3, -0.25) is 0 Å². The molecule has 2 aromatic carbocycles. The molecule has 0 saturated carbocycles. The summed E-state index contributed by atoms with van der Waals surface area (Å²) in [6.07, 6.45) is 2.11. The number of carboxylic acid groups (broad SMARTS) is 1. The van der Waals surface area contributed by atoms with Crippen LogP contribution in [0.15, 0.2) is 63.1 Å². The van der Waals surface area contributed by atoms with Crippen molar-refractivity contribution < 1.29 is 19.1 Å². The van der Waals surface area contributed by atoms with Crippen molar-refractivity contribution in [1.82, 2.24) is 10.2 Å². The van der Waals surface area contributed by atoms with Crippen molar-refractivity contribution in [3.8, 4) is 5.75 Å². The highest BCUT2D eigenvalue weighted by Gasteiger charge is 2.16. The molecule has 0 saturated heterocycles. The van der Waals surface area contributed by atoms with Crippen LogP contribution in [0, 0.1) is 0 Å². The van der Waals surface area contributed by atoms with E-state index in [0.29, 0.717) is 35.3 Å². The Hall–Kier alpha value is -2.77. The smallest absolute Gasteiger partial charge is 0.342 e. The van der Waals surface area contributed by atoms with E-state index in [1.165, 1.54) is 6.08 Å². The summed E-state index contributed by atoms with van der Waals surface area (Å²) in [6, 6.07) is 14.5. The van der Waals surface area contributed by atoms with Gasteiger partial charge in [-0.05, 0) is 41.6 Å². The van der Waals surface area contributed by atoms with E-state index < -0.39 is 5.97 Å². The van der Waals surface area contributed by atoms with Crippen LogP contribution in [0.25, 0.3) is 6.08 Å². The average molecular weight is 417 g/mol. The van der Waals surface area contributed by atoms with Crippen LogP contribution in [0.2, 0.25) is 5.02 Å². The fraction of sp³-hybridized carbons (Fsp3) is 0.150. The lowest BCUT2D eigenvalue weighted by Gasteiger charge is -2.10. The third-order valence-electron chi connectivity index (χ3n) is 3.67. The maximum absolute atomic E-state index is 11.7. The van der Waals surface area contributed by atoms with Crippen molar-refractivity contribution in [2.75, 3.05) is 0 Å². The van der Waals surface area contributed by atoms with Gasteiger partial charge in [0.2, 0.25) is 5.89 Å². The number of rotatable bonds is 8. The summed E-state index contributed by atoms with van der Waals surface area (Å²) in [5.74, 6) is -0.0655. The van der Waals surface area contributed by atoms with Crippen LogP contribution in [0.4, 0.5) is 0 Å². The number of aliphatic carboxylic acids is 1. The van der Waals surface area contributed by atoms with Crippen LogP contribution in [0.3, 0.4) is 0 Å². The van der Waals surface area contributed by atoms with Crippen LogP contribution in [-0.2, 0) is 17.8 Å². The standard InChI is InChI=1S/C20H17ClN2O4S/c1-2-18-22-23-20(27-18)28-17(19(24)25)11-14-5-3-4-6-16(14)26-12-13-7-9-15(21)10-8-13/h3-11H,2,12H2,1H3,(H,24,25)/b17-11-. The lowest BCUT2D eigenvalue weighted by Crippen LogP contribution is -1.99. The van der Waals surface area contributed by atoms with E-state index in [1.807, 2.05) is 31.2 Å². The lowest BCUT2D eigenvalue weighted by molar-refractivity contribution is -0.131. The molecule has 0 spiro atoms. The van der Waals surface area contributed by atoms with Gasteiger partial charge in [0, 0.05) is 17.0 Å². The Labute approximate surface area is 171 Å². The number of thioether (sulfide) groups is 1. The number of nitrogens with zero attached hydrogens (tertiary/aromatic N) is 2. The third kappa shape index (κ3) is 5.37. The van der Waals surface area contributed by atoms with E-state index in [2.05, 4.69) is 10.2 Å². The van der Waals surface area contributed by atoms with Crippen LogP contribution in [0.1, 0.15) is 23.9 Å². The van der Waals surface area contributed by atoms with Crippen LogP contribution in [0.5, 0.6) is 5.75 Å². The number of benzene rings is 2. The second kappa shape index (κ2) is 9.43. The van der Waals surface area contributed by atoms with Crippen molar-refractivity contribution in [3.63, 3.8) is 0 Å². The number of carboxylic acids is 1. The normalized spacial score (nSPS) is 11.4. The molecule has 8 heteroatoms. The van der Waals surface area contributed by atoms with Crippen molar-refractivity contribution in [2.45, 2.75) is 25.2 Å². The zero-order chi connectivity index (χ0) is 19.9. The topological polar surface area (TPSA) is 85.5 Å². The largest absolute Gasteiger partial charge is 0.488 e. The molecular weight excluding hydrogens is 400 g/mol. The fourth-order valence-electron chi connectivity index (χ4n) is 2.27. The molecule has 3 aromatic rings. The number of aryl methyl sites for hydroxylation is 1. The molecule has 0 radical (unpaired) electrons. The Morgan fingerprint density at radius 3 is 2.64 bits per heavy atom. The Balaban J connectivity index is 1.80. The number of hydrogen-bond acceptors (Lipinski definition) is 6. The first-order valence-corrected chi connectivity index (χ1v) is 9.66. The van der Waals surface area contributed by atoms with Gasteiger partial charge in [-0.15, -0.1) is 10.2 Å². The van der Waals surface area contributed by atoms with Gasteiger partial charge in [0.05, 0.1) is 0 Å². The second-order valence-corrected chi connectivity index (χ2v) is 7.11. The Morgan fingerprint density at radius 2 is 1.96 bits per heavy atom. The van der Waals surface area contributed by atoms with E-state index in [9.17, 15) is 9.90 Å². The zero-order valence-corrected chi connectivity index (χ0v) is 16.5. The molecule has 0 aliphatic carbocycles. The summed E-state index contributed by atoms with van der Waals surface area (Å²) in [5, 5.41) is 18.1. The molecule has 144 valence electrons. The predicted octanol–water partition coefficient (Wildman–Crippen LogP) is 5.08. The molecule has 28 heavy (non-hydrogen) atoms. The van der Waals surface area contributed by atoms with Crippen LogP contribution < -0.4 is 4.74 Å². The van der Waals surface area contributed by atoms with Crippen LogP contribution >= 0.6 is 23.4 Å². The molecule has 0 amide bonds. The zero-order valence-electron chi connectivity index (χ0n) is 15.0. The number of carbonyl (C=O) groups is 1. The molecule has 0 aliphatic heterocycles. The van der Waals surface area contributed by atoms with Crippen LogP contribution in [-0.4, -0.2) is 21.3 Å². The SMILES string of the molecule is CCc1nnc(S/C(=C\c2ccccc2OCc2ccc(Cl)cc2)C(=O)O)o1. The van der Waals surface area contributed by atoms with Crippen molar-refractivity contribution >= 4 is 35.4 Å². The molecule has 0 bridgehead atoms. The Morgan fingerprint density at radius 1 is 1.21 bits per heavy atom. The highest BCUT2D eigenvalue weighted by Crippen LogP contribution is 2.30. The highest BCUT2D eigenvalue weighted by atomic mass is 35.5. The molecule has 0 aliphatic rings. The monoisotopic (exact) mass is 416 g/mol. The summed E-state index contributed by atoms with van der Waals surface area (Å²) in [4.78, 5) is 11.7. The maximum atomic E-state index is 11.7. The van der Waals surface area contributed by atoms with Crippen molar-refractivity contribution in [1.29, 1.82) is 0 Å². The number of hydrogen-bond donors (Lipinski definition) is 1.